The van der Waals surface area contributed by atoms with Crippen molar-refractivity contribution >= 4 is 0 Å². The molecule has 0 aromatic carbocycles. The Morgan fingerprint density at radius 1 is 1.15 bits per heavy atom. The van der Waals surface area contributed by atoms with Crippen LogP contribution >= 0.6 is 0 Å². The molecular formula is C17H33N3. The van der Waals surface area contributed by atoms with Gasteiger partial charge in [0.05, 0.1) is 5.69 Å². The van der Waals surface area contributed by atoms with Crippen molar-refractivity contribution in [2.75, 3.05) is 7.05 Å². The van der Waals surface area contributed by atoms with E-state index in [1.165, 1.54) is 29.8 Å². The normalized spacial score (nSPS) is 14.5. The van der Waals surface area contributed by atoms with E-state index in [1.807, 2.05) is 0 Å². The molecule has 20 heavy (non-hydrogen) atoms. The van der Waals surface area contributed by atoms with Crippen LogP contribution in [0.5, 0.6) is 0 Å². The lowest BCUT2D eigenvalue weighted by Gasteiger charge is -2.17. The van der Waals surface area contributed by atoms with Crippen LogP contribution in [0, 0.1) is 5.92 Å². The summed E-state index contributed by atoms with van der Waals surface area (Å²) >= 11 is 0. The number of hydrogen-bond donors (Lipinski definition) is 1. The van der Waals surface area contributed by atoms with Gasteiger partial charge in [0.15, 0.2) is 0 Å². The van der Waals surface area contributed by atoms with Gasteiger partial charge in [-0.1, -0.05) is 41.0 Å². The molecular weight excluding hydrogens is 246 g/mol. The summed E-state index contributed by atoms with van der Waals surface area (Å²) in [5, 5.41) is 8.37. The third kappa shape index (κ3) is 3.85. The number of hydrogen-bond acceptors (Lipinski definition) is 2. The van der Waals surface area contributed by atoms with E-state index >= 15 is 0 Å². The average molecular weight is 279 g/mol. The van der Waals surface area contributed by atoms with Gasteiger partial charge in [-0.15, -0.1) is 0 Å². The Hall–Kier alpha value is -0.830. The Bertz CT molecular complexity index is 391. The van der Waals surface area contributed by atoms with E-state index in [2.05, 4.69) is 51.7 Å². The molecule has 0 saturated heterocycles. The summed E-state index contributed by atoms with van der Waals surface area (Å²) in [5.74, 6) is 0.706. The van der Waals surface area contributed by atoms with Gasteiger partial charge in [0.2, 0.25) is 0 Å². The van der Waals surface area contributed by atoms with Gasteiger partial charge in [0.1, 0.15) is 0 Å². The van der Waals surface area contributed by atoms with Gasteiger partial charge in [-0.3, -0.25) is 4.68 Å². The van der Waals surface area contributed by atoms with Gasteiger partial charge in [-0.25, -0.2) is 0 Å². The first kappa shape index (κ1) is 17.2. The number of nitrogens with zero attached hydrogens (tertiary/aromatic N) is 2. The molecule has 1 rings (SSSR count). The van der Waals surface area contributed by atoms with Crippen molar-refractivity contribution in [3.8, 4) is 0 Å². The number of rotatable bonds is 9. The lowest BCUT2D eigenvalue weighted by atomic mass is 9.99. The zero-order valence-corrected chi connectivity index (χ0v) is 14.3. The first-order valence-corrected chi connectivity index (χ1v) is 8.38. The second-order valence-corrected chi connectivity index (χ2v) is 5.84. The molecule has 0 spiro atoms. The highest BCUT2D eigenvalue weighted by molar-refractivity contribution is 5.30. The van der Waals surface area contributed by atoms with Gasteiger partial charge in [0.25, 0.3) is 0 Å². The van der Waals surface area contributed by atoms with Crippen LogP contribution in [-0.2, 0) is 19.4 Å². The molecule has 0 saturated carbocycles. The first-order chi connectivity index (χ1) is 9.62. The molecule has 0 bridgehead atoms. The Kier molecular flexibility index (Phi) is 7.28. The molecule has 1 aromatic rings. The molecule has 2 unspecified atom stereocenters. The molecule has 116 valence electrons. The van der Waals surface area contributed by atoms with E-state index in [0.717, 1.165) is 25.8 Å². The number of aryl methyl sites for hydroxylation is 1. The summed E-state index contributed by atoms with van der Waals surface area (Å²) < 4.78 is 2.29. The summed E-state index contributed by atoms with van der Waals surface area (Å²) in [6, 6.07) is 0.440. The molecule has 1 heterocycles. The van der Waals surface area contributed by atoms with Crippen molar-refractivity contribution in [2.24, 2.45) is 5.92 Å². The van der Waals surface area contributed by atoms with Crippen molar-refractivity contribution in [1.82, 2.24) is 15.1 Å². The van der Waals surface area contributed by atoms with E-state index < -0.39 is 0 Å². The average Bonchev–Trinajstić information content (AvgIpc) is 2.78. The predicted octanol–water partition coefficient (Wildman–Crippen LogP) is 4.11. The van der Waals surface area contributed by atoms with Crippen LogP contribution in [0.15, 0.2) is 0 Å². The highest BCUT2D eigenvalue weighted by atomic mass is 15.3. The van der Waals surface area contributed by atoms with E-state index in [1.54, 1.807) is 0 Å². The maximum atomic E-state index is 4.92. The van der Waals surface area contributed by atoms with Crippen LogP contribution in [0.4, 0.5) is 0 Å². The lowest BCUT2D eigenvalue weighted by Crippen LogP contribution is -2.18. The highest BCUT2D eigenvalue weighted by Crippen LogP contribution is 2.26. The molecule has 3 heteroatoms. The van der Waals surface area contributed by atoms with Gasteiger partial charge in [-0.2, -0.15) is 5.10 Å². The van der Waals surface area contributed by atoms with Crippen LogP contribution in [0.2, 0.25) is 0 Å². The van der Waals surface area contributed by atoms with Gasteiger partial charge in [0, 0.05) is 23.8 Å². The second-order valence-electron chi connectivity index (χ2n) is 5.84. The Balaban J connectivity index is 3.13. The summed E-state index contributed by atoms with van der Waals surface area (Å²) in [6.07, 6.45) is 5.75. The maximum absolute atomic E-state index is 4.92. The molecule has 3 nitrogen and oxygen atoms in total. The number of nitrogens with one attached hydrogen (secondary N) is 1. The molecule has 0 radical (unpaired) electrons. The maximum Gasteiger partial charge on any atom is 0.0672 e. The predicted molar refractivity (Wildman–Crippen MR) is 87.1 cm³/mol. The molecule has 0 aliphatic rings. The van der Waals surface area contributed by atoms with Crippen LogP contribution in [0.25, 0.3) is 0 Å². The van der Waals surface area contributed by atoms with Gasteiger partial charge in [-0.05, 0) is 38.6 Å². The fraction of sp³-hybridized carbons (Fsp3) is 0.824. The van der Waals surface area contributed by atoms with Crippen molar-refractivity contribution in [3.63, 3.8) is 0 Å². The van der Waals surface area contributed by atoms with Crippen LogP contribution in [0.3, 0.4) is 0 Å². The zero-order chi connectivity index (χ0) is 15.1. The zero-order valence-electron chi connectivity index (χ0n) is 14.3. The molecule has 0 amide bonds. The smallest absolute Gasteiger partial charge is 0.0672 e. The topological polar surface area (TPSA) is 29.9 Å². The van der Waals surface area contributed by atoms with Gasteiger partial charge < -0.3 is 5.32 Å². The summed E-state index contributed by atoms with van der Waals surface area (Å²) in [6.45, 7) is 12.4. The van der Waals surface area contributed by atoms with Crippen molar-refractivity contribution in [1.29, 1.82) is 0 Å². The SMILES string of the molecule is CCCC(C)Cn1nc(CC)c(C(CC)NC)c1CC. The van der Waals surface area contributed by atoms with Crippen LogP contribution in [-0.4, -0.2) is 16.8 Å². The summed E-state index contributed by atoms with van der Waals surface area (Å²) in [5.41, 5.74) is 4.18. The van der Waals surface area contributed by atoms with Crippen LogP contribution < -0.4 is 5.32 Å². The minimum Gasteiger partial charge on any atom is -0.313 e. The van der Waals surface area contributed by atoms with E-state index in [4.69, 9.17) is 5.10 Å². The Morgan fingerprint density at radius 2 is 1.85 bits per heavy atom. The lowest BCUT2D eigenvalue weighted by molar-refractivity contribution is 0.409. The third-order valence-corrected chi connectivity index (χ3v) is 4.22. The molecule has 1 N–H and O–H groups in total. The fourth-order valence-electron chi connectivity index (χ4n) is 3.18. The first-order valence-electron chi connectivity index (χ1n) is 8.38. The minimum absolute atomic E-state index is 0.440. The fourth-order valence-corrected chi connectivity index (χ4v) is 3.18. The minimum atomic E-state index is 0.440. The van der Waals surface area contributed by atoms with Crippen molar-refractivity contribution < 1.29 is 0 Å². The monoisotopic (exact) mass is 279 g/mol. The standard InChI is InChI=1S/C17H33N3/c1-7-11-13(5)12-20-16(10-4)17(14(8-2)18-6)15(9-3)19-20/h13-14,18H,7-12H2,1-6H3. The molecule has 0 aliphatic heterocycles. The van der Waals surface area contributed by atoms with E-state index in [9.17, 15) is 0 Å². The van der Waals surface area contributed by atoms with E-state index in [0.29, 0.717) is 12.0 Å². The summed E-state index contributed by atoms with van der Waals surface area (Å²) in [7, 11) is 2.06. The summed E-state index contributed by atoms with van der Waals surface area (Å²) in [4.78, 5) is 0. The van der Waals surface area contributed by atoms with Crippen molar-refractivity contribution in [2.45, 2.75) is 79.3 Å². The Morgan fingerprint density at radius 3 is 2.30 bits per heavy atom. The van der Waals surface area contributed by atoms with Crippen molar-refractivity contribution in [3.05, 3.63) is 17.0 Å². The second kappa shape index (κ2) is 8.46. The number of aromatic nitrogens is 2. The van der Waals surface area contributed by atoms with E-state index in [-0.39, 0.29) is 0 Å². The molecule has 1 aromatic heterocycles. The quantitative estimate of drug-likeness (QED) is 0.737. The molecule has 0 fully saturated rings. The Labute approximate surface area is 125 Å². The molecule has 0 aliphatic carbocycles. The third-order valence-electron chi connectivity index (χ3n) is 4.22. The highest BCUT2D eigenvalue weighted by Gasteiger charge is 2.21. The van der Waals surface area contributed by atoms with Gasteiger partial charge >= 0.3 is 0 Å². The molecule has 2 atom stereocenters. The largest absolute Gasteiger partial charge is 0.313 e. The van der Waals surface area contributed by atoms with Crippen LogP contribution in [0.1, 0.15) is 76.9 Å².